The Morgan fingerprint density at radius 3 is 2.33 bits per heavy atom. The maximum absolute atomic E-state index is 13.3. The number of methoxy groups -OCH3 is 1. The van der Waals surface area contributed by atoms with Gasteiger partial charge in [-0.1, -0.05) is 6.07 Å². The van der Waals surface area contributed by atoms with Crippen molar-refractivity contribution in [1.29, 1.82) is 0 Å². The van der Waals surface area contributed by atoms with Crippen molar-refractivity contribution in [3.8, 4) is 5.75 Å². The van der Waals surface area contributed by atoms with Crippen molar-refractivity contribution in [3.63, 3.8) is 0 Å². The fraction of sp³-hybridized carbons (Fsp3) is 0.200. The van der Waals surface area contributed by atoms with Gasteiger partial charge in [-0.25, -0.2) is 12.8 Å². The Labute approximate surface area is 136 Å². The predicted molar refractivity (Wildman–Crippen MR) is 79.9 cm³/mol. The van der Waals surface area contributed by atoms with Crippen LogP contribution in [-0.4, -0.2) is 15.5 Å². The Bertz CT molecular complexity index is 864. The summed E-state index contributed by atoms with van der Waals surface area (Å²) in [5.41, 5.74) is -0.874. The second kappa shape index (κ2) is 6.31. The number of benzene rings is 2. The van der Waals surface area contributed by atoms with Crippen LogP contribution in [0.25, 0.3) is 0 Å². The molecule has 130 valence electrons. The van der Waals surface area contributed by atoms with Crippen LogP contribution in [0.5, 0.6) is 5.75 Å². The first-order valence-electron chi connectivity index (χ1n) is 6.59. The zero-order chi connectivity index (χ0) is 18.1. The van der Waals surface area contributed by atoms with Gasteiger partial charge < -0.3 is 4.74 Å². The number of nitrogens with one attached hydrogen (secondary N) is 1. The third-order valence-electron chi connectivity index (χ3n) is 3.15. The molecule has 0 aliphatic heterocycles. The monoisotopic (exact) mass is 363 g/mol. The molecule has 1 N–H and O–H groups in total. The summed E-state index contributed by atoms with van der Waals surface area (Å²) in [7, 11) is -3.04. The molecule has 0 aliphatic carbocycles. The summed E-state index contributed by atoms with van der Waals surface area (Å²) >= 11 is 0. The van der Waals surface area contributed by atoms with E-state index in [4.69, 9.17) is 4.74 Å². The van der Waals surface area contributed by atoms with Crippen LogP contribution in [0.2, 0.25) is 0 Å². The quantitative estimate of drug-likeness (QED) is 0.837. The molecule has 2 aromatic rings. The molecule has 2 rings (SSSR count). The third-order valence-corrected chi connectivity index (χ3v) is 4.52. The van der Waals surface area contributed by atoms with Gasteiger partial charge in [-0.2, -0.15) is 13.2 Å². The minimum absolute atomic E-state index is 0.0652. The molecule has 0 unspecified atom stereocenters. The number of sulfonamides is 1. The standard InChI is InChI=1S/C15H13F4NO3S/c1-9-3-6-14(23-2)13(7-9)20-24(21,22)10-4-5-12(16)11(8-10)15(17,18)19/h3-8,20H,1-2H3. The number of rotatable bonds is 4. The fourth-order valence-electron chi connectivity index (χ4n) is 1.99. The summed E-state index contributed by atoms with van der Waals surface area (Å²) in [5.74, 6) is -1.35. The van der Waals surface area contributed by atoms with E-state index in [1.54, 1.807) is 13.0 Å². The van der Waals surface area contributed by atoms with Gasteiger partial charge in [-0.3, -0.25) is 4.72 Å². The minimum atomic E-state index is -5.00. The number of halogens is 4. The molecule has 0 amide bonds. The predicted octanol–water partition coefficient (Wildman–Crippen LogP) is 3.96. The van der Waals surface area contributed by atoms with Crippen LogP contribution in [0.1, 0.15) is 11.1 Å². The molecule has 0 heterocycles. The highest BCUT2D eigenvalue weighted by Crippen LogP contribution is 2.34. The van der Waals surface area contributed by atoms with Gasteiger partial charge in [0.25, 0.3) is 10.0 Å². The molecule has 0 aliphatic rings. The molecular weight excluding hydrogens is 350 g/mol. The fourth-order valence-corrected chi connectivity index (χ4v) is 3.08. The van der Waals surface area contributed by atoms with E-state index < -0.39 is 32.5 Å². The number of hydrogen-bond acceptors (Lipinski definition) is 3. The minimum Gasteiger partial charge on any atom is -0.495 e. The number of ether oxygens (including phenoxy) is 1. The number of alkyl halides is 3. The van der Waals surface area contributed by atoms with Gasteiger partial charge in [0.05, 0.1) is 23.3 Å². The summed E-state index contributed by atoms with van der Waals surface area (Å²) in [6.07, 6.45) is -5.00. The lowest BCUT2D eigenvalue weighted by atomic mass is 10.2. The summed E-state index contributed by atoms with van der Waals surface area (Å²) in [5, 5.41) is 0. The lowest BCUT2D eigenvalue weighted by Gasteiger charge is -2.14. The third kappa shape index (κ3) is 3.78. The van der Waals surface area contributed by atoms with E-state index in [2.05, 4.69) is 4.72 Å². The van der Waals surface area contributed by atoms with Gasteiger partial charge in [0.2, 0.25) is 0 Å². The van der Waals surface area contributed by atoms with E-state index in [1.165, 1.54) is 19.2 Å². The van der Waals surface area contributed by atoms with Crippen LogP contribution >= 0.6 is 0 Å². The molecule has 0 aromatic heterocycles. The van der Waals surface area contributed by atoms with E-state index in [0.717, 1.165) is 6.07 Å². The lowest BCUT2D eigenvalue weighted by Crippen LogP contribution is -2.16. The maximum atomic E-state index is 13.3. The molecule has 0 fully saturated rings. The average molecular weight is 363 g/mol. The Hall–Kier alpha value is -2.29. The summed E-state index contributed by atoms with van der Waals surface area (Å²) in [6.45, 7) is 1.71. The first kappa shape index (κ1) is 18.1. The maximum Gasteiger partial charge on any atom is 0.419 e. The van der Waals surface area contributed by atoms with Crippen LogP contribution in [0.4, 0.5) is 23.2 Å². The molecule has 0 atom stereocenters. The SMILES string of the molecule is COc1ccc(C)cc1NS(=O)(=O)c1ccc(F)c(C(F)(F)F)c1. The highest BCUT2D eigenvalue weighted by molar-refractivity contribution is 7.92. The molecule has 0 saturated carbocycles. The van der Waals surface area contributed by atoms with E-state index in [0.29, 0.717) is 11.6 Å². The molecule has 0 radical (unpaired) electrons. The topological polar surface area (TPSA) is 55.4 Å². The van der Waals surface area contributed by atoms with Crippen LogP contribution in [0, 0.1) is 12.7 Å². The van der Waals surface area contributed by atoms with E-state index >= 15 is 0 Å². The summed E-state index contributed by atoms with van der Waals surface area (Å²) in [6, 6.07) is 6.12. The van der Waals surface area contributed by atoms with Crippen molar-refractivity contribution in [2.24, 2.45) is 0 Å². The Morgan fingerprint density at radius 1 is 1.08 bits per heavy atom. The van der Waals surface area contributed by atoms with Crippen LogP contribution < -0.4 is 9.46 Å². The van der Waals surface area contributed by atoms with Gasteiger partial charge in [0.15, 0.2) is 0 Å². The van der Waals surface area contributed by atoms with Crippen LogP contribution in [0.15, 0.2) is 41.3 Å². The van der Waals surface area contributed by atoms with Gasteiger partial charge in [0, 0.05) is 0 Å². The van der Waals surface area contributed by atoms with Crippen molar-refractivity contribution >= 4 is 15.7 Å². The summed E-state index contributed by atoms with van der Waals surface area (Å²) < 4.78 is 83.3. The van der Waals surface area contributed by atoms with Gasteiger partial charge in [0.1, 0.15) is 11.6 Å². The van der Waals surface area contributed by atoms with E-state index in [-0.39, 0.29) is 17.5 Å². The normalized spacial score (nSPS) is 12.1. The Balaban J connectivity index is 2.47. The molecular formula is C15H13F4NO3S. The van der Waals surface area contributed by atoms with Crippen molar-refractivity contribution in [3.05, 3.63) is 53.3 Å². The molecule has 4 nitrogen and oxygen atoms in total. The van der Waals surface area contributed by atoms with Crippen molar-refractivity contribution in [2.45, 2.75) is 18.0 Å². The van der Waals surface area contributed by atoms with Crippen molar-refractivity contribution < 1.29 is 30.7 Å². The highest BCUT2D eigenvalue weighted by atomic mass is 32.2. The molecule has 0 spiro atoms. The van der Waals surface area contributed by atoms with Crippen molar-refractivity contribution in [1.82, 2.24) is 0 Å². The first-order valence-corrected chi connectivity index (χ1v) is 8.07. The average Bonchev–Trinajstić information content (AvgIpc) is 2.46. The summed E-state index contributed by atoms with van der Waals surface area (Å²) in [4.78, 5) is -0.709. The zero-order valence-electron chi connectivity index (χ0n) is 12.6. The second-order valence-corrected chi connectivity index (χ2v) is 6.63. The van der Waals surface area contributed by atoms with Gasteiger partial charge >= 0.3 is 6.18 Å². The smallest absolute Gasteiger partial charge is 0.419 e. The molecule has 0 bridgehead atoms. The second-order valence-electron chi connectivity index (χ2n) is 4.95. The zero-order valence-corrected chi connectivity index (χ0v) is 13.4. The molecule has 0 saturated heterocycles. The molecule has 2 aromatic carbocycles. The van der Waals surface area contributed by atoms with Gasteiger partial charge in [-0.05, 0) is 42.8 Å². The van der Waals surface area contributed by atoms with Crippen molar-refractivity contribution in [2.75, 3.05) is 11.8 Å². The van der Waals surface area contributed by atoms with Gasteiger partial charge in [-0.15, -0.1) is 0 Å². The first-order chi connectivity index (χ1) is 11.0. The number of anilines is 1. The molecule has 9 heteroatoms. The van der Waals surface area contributed by atoms with E-state index in [9.17, 15) is 26.0 Å². The number of aryl methyl sites for hydroxylation is 1. The Kier molecular flexibility index (Phi) is 4.75. The van der Waals surface area contributed by atoms with Crippen LogP contribution in [0.3, 0.4) is 0 Å². The molecule has 24 heavy (non-hydrogen) atoms. The largest absolute Gasteiger partial charge is 0.495 e. The Morgan fingerprint density at radius 2 is 1.75 bits per heavy atom. The lowest BCUT2D eigenvalue weighted by molar-refractivity contribution is -0.140. The van der Waals surface area contributed by atoms with E-state index in [1.807, 2.05) is 0 Å². The number of hydrogen-bond donors (Lipinski definition) is 1. The van der Waals surface area contributed by atoms with Crippen LogP contribution in [-0.2, 0) is 16.2 Å². The highest BCUT2D eigenvalue weighted by Gasteiger charge is 2.35.